The van der Waals surface area contributed by atoms with E-state index < -0.39 is 12.1 Å². The van der Waals surface area contributed by atoms with Gasteiger partial charge < -0.3 is 20.5 Å². The van der Waals surface area contributed by atoms with E-state index in [9.17, 15) is 14.4 Å². The monoisotopic (exact) mass is 454 g/mol. The zero-order valence-corrected chi connectivity index (χ0v) is 18.4. The second-order valence-corrected chi connectivity index (χ2v) is 9.18. The van der Waals surface area contributed by atoms with Gasteiger partial charge in [-0.05, 0) is 35.1 Å². The van der Waals surface area contributed by atoms with E-state index in [1.165, 1.54) is 34.0 Å². The van der Waals surface area contributed by atoms with E-state index in [2.05, 4.69) is 34.9 Å². The molecule has 0 bridgehead atoms. The highest BCUT2D eigenvalue weighted by Gasteiger charge is 2.35. The highest BCUT2D eigenvalue weighted by Crippen LogP contribution is 2.44. The second-order valence-electron chi connectivity index (χ2n) is 8.08. The number of ether oxygens (including phenoxy) is 1. The Labute approximate surface area is 190 Å². The summed E-state index contributed by atoms with van der Waals surface area (Å²) in [5, 5.41) is 14.4. The van der Waals surface area contributed by atoms with Gasteiger partial charge in [-0.1, -0.05) is 48.5 Å². The van der Waals surface area contributed by atoms with E-state index in [1.54, 1.807) is 0 Å². The van der Waals surface area contributed by atoms with E-state index in [4.69, 9.17) is 9.84 Å². The molecule has 7 nitrogen and oxygen atoms in total. The van der Waals surface area contributed by atoms with Crippen molar-refractivity contribution in [2.24, 2.45) is 5.92 Å². The number of aliphatic carboxylic acids is 1. The van der Waals surface area contributed by atoms with Crippen LogP contribution in [0.1, 0.15) is 29.9 Å². The number of alkyl carbamates (subject to hydrolysis) is 1. The molecular formula is C24H26N2O5S. The van der Waals surface area contributed by atoms with Crippen LogP contribution in [-0.4, -0.2) is 53.8 Å². The summed E-state index contributed by atoms with van der Waals surface area (Å²) in [6, 6.07) is 16.3. The predicted molar refractivity (Wildman–Crippen MR) is 123 cm³/mol. The molecule has 0 radical (unpaired) electrons. The van der Waals surface area contributed by atoms with Gasteiger partial charge in [-0.25, -0.2) is 4.79 Å². The smallest absolute Gasteiger partial charge is 0.407 e. The standard InChI is InChI=1S/C24H26N2O5S/c27-22(26-16-11-15(12-16)23(28)29)14-32-10-9-25-24(30)31-13-21-19-7-3-1-5-17(19)18-6-2-4-8-20(18)21/h1-8,15-16,21H,9-14H2,(H,25,30)(H,26,27)(H,28,29). The van der Waals surface area contributed by atoms with Gasteiger partial charge in [0.15, 0.2) is 0 Å². The summed E-state index contributed by atoms with van der Waals surface area (Å²) in [6.07, 6.45) is 0.524. The Kier molecular flexibility index (Phi) is 6.99. The average molecular weight is 455 g/mol. The fourth-order valence-corrected chi connectivity index (χ4v) is 4.91. The summed E-state index contributed by atoms with van der Waals surface area (Å²) in [6.45, 7) is 0.674. The maximum absolute atomic E-state index is 12.1. The van der Waals surface area contributed by atoms with Crippen LogP contribution >= 0.6 is 11.8 Å². The van der Waals surface area contributed by atoms with Crippen LogP contribution in [0.3, 0.4) is 0 Å². The molecule has 0 spiro atoms. The number of hydrogen-bond donors (Lipinski definition) is 3. The normalized spacial score (nSPS) is 18.8. The summed E-state index contributed by atoms with van der Waals surface area (Å²) in [5.41, 5.74) is 4.72. The number of fused-ring (bicyclic) bond motifs is 3. The number of carboxylic acids is 1. The quantitative estimate of drug-likeness (QED) is 0.503. The molecule has 0 atom stereocenters. The first-order valence-corrected chi connectivity index (χ1v) is 11.9. The van der Waals surface area contributed by atoms with Gasteiger partial charge in [-0.15, -0.1) is 0 Å². The van der Waals surface area contributed by atoms with Crippen LogP contribution in [-0.2, 0) is 14.3 Å². The molecule has 2 aliphatic carbocycles. The molecule has 168 valence electrons. The van der Waals surface area contributed by atoms with Crippen molar-refractivity contribution in [3.8, 4) is 11.1 Å². The Morgan fingerprint density at radius 3 is 2.25 bits per heavy atom. The minimum absolute atomic E-state index is 0.0263. The first kappa shape index (κ1) is 22.2. The molecular weight excluding hydrogens is 428 g/mol. The highest BCUT2D eigenvalue weighted by molar-refractivity contribution is 7.99. The zero-order valence-electron chi connectivity index (χ0n) is 17.6. The van der Waals surface area contributed by atoms with Crippen molar-refractivity contribution in [1.82, 2.24) is 10.6 Å². The van der Waals surface area contributed by atoms with E-state index in [1.807, 2.05) is 24.3 Å². The largest absolute Gasteiger partial charge is 0.481 e. The van der Waals surface area contributed by atoms with Gasteiger partial charge >= 0.3 is 12.1 Å². The lowest BCUT2D eigenvalue weighted by molar-refractivity contribution is -0.146. The third kappa shape index (κ3) is 5.07. The number of rotatable bonds is 9. The molecule has 0 aromatic heterocycles. The lowest BCUT2D eigenvalue weighted by Gasteiger charge is -2.32. The van der Waals surface area contributed by atoms with E-state index in [0.29, 0.717) is 25.1 Å². The van der Waals surface area contributed by atoms with Crippen LogP contribution in [0.15, 0.2) is 48.5 Å². The molecule has 1 fully saturated rings. The number of carboxylic acid groups (broad SMARTS) is 1. The number of nitrogens with one attached hydrogen (secondary N) is 2. The van der Waals surface area contributed by atoms with Gasteiger partial charge in [0.2, 0.25) is 5.91 Å². The Balaban J connectivity index is 1.13. The minimum atomic E-state index is -0.802. The number of amides is 2. The fourth-order valence-electron chi connectivity index (χ4n) is 4.25. The number of benzene rings is 2. The first-order valence-electron chi connectivity index (χ1n) is 10.7. The zero-order chi connectivity index (χ0) is 22.5. The third-order valence-corrected chi connectivity index (χ3v) is 6.90. The highest BCUT2D eigenvalue weighted by atomic mass is 32.2. The van der Waals surface area contributed by atoms with Crippen molar-refractivity contribution < 1.29 is 24.2 Å². The van der Waals surface area contributed by atoms with Gasteiger partial charge in [0, 0.05) is 24.3 Å². The topological polar surface area (TPSA) is 105 Å². The molecule has 0 aliphatic heterocycles. The van der Waals surface area contributed by atoms with Crippen molar-refractivity contribution in [2.75, 3.05) is 24.7 Å². The Hall–Kier alpha value is -3.00. The lowest BCUT2D eigenvalue weighted by Crippen LogP contribution is -2.47. The molecule has 32 heavy (non-hydrogen) atoms. The van der Waals surface area contributed by atoms with Crippen molar-refractivity contribution >= 4 is 29.7 Å². The van der Waals surface area contributed by atoms with Crippen molar-refractivity contribution in [2.45, 2.75) is 24.8 Å². The second kappa shape index (κ2) is 10.1. The van der Waals surface area contributed by atoms with E-state index in [0.717, 1.165) is 0 Å². The number of carbonyl (C=O) groups is 3. The molecule has 2 aromatic rings. The van der Waals surface area contributed by atoms with Gasteiger partial charge in [0.05, 0.1) is 11.7 Å². The molecule has 2 aromatic carbocycles. The number of hydrogen-bond acceptors (Lipinski definition) is 5. The van der Waals surface area contributed by atoms with Gasteiger partial charge in [-0.3, -0.25) is 9.59 Å². The molecule has 2 aliphatic rings. The summed E-state index contributed by atoms with van der Waals surface area (Å²) in [7, 11) is 0. The third-order valence-electron chi connectivity index (χ3n) is 5.94. The van der Waals surface area contributed by atoms with Crippen molar-refractivity contribution in [3.63, 3.8) is 0 Å². The maximum atomic E-state index is 12.1. The average Bonchev–Trinajstić information content (AvgIpc) is 3.08. The Morgan fingerprint density at radius 1 is 1.00 bits per heavy atom. The summed E-state index contributed by atoms with van der Waals surface area (Å²) >= 11 is 1.41. The molecule has 0 saturated heterocycles. The molecule has 3 N–H and O–H groups in total. The van der Waals surface area contributed by atoms with Crippen molar-refractivity contribution in [1.29, 1.82) is 0 Å². The summed E-state index contributed by atoms with van der Waals surface area (Å²) < 4.78 is 5.48. The summed E-state index contributed by atoms with van der Waals surface area (Å²) in [4.78, 5) is 34.8. The number of carbonyl (C=O) groups excluding carboxylic acids is 2. The molecule has 8 heteroatoms. The Bertz CT molecular complexity index is 960. The first-order chi connectivity index (χ1) is 15.5. The minimum Gasteiger partial charge on any atom is -0.481 e. The molecule has 1 saturated carbocycles. The molecule has 2 amide bonds. The van der Waals surface area contributed by atoms with Crippen LogP contribution < -0.4 is 10.6 Å². The molecule has 4 rings (SSSR count). The maximum Gasteiger partial charge on any atom is 0.407 e. The molecule has 0 heterocycles. The fraction of sp³-hybridized carbons (Fsp3) is 0.375. The van der Waals surface area contributed by atoms with E-state index in [-0.39, 0.29) is 36.1 Å². The van der Waals surface area contributed by atoms with E-state index >= 15 is 0 Å². The van der Waals surface area contributed by atoms with Crippen LogP contribution in [0, 0.1) is 5.92 Å². The van der Waals surface area contributed by atoms with Crippen molar-refractivity contribution in [3.05, 3.63) is 59.7 Å². The Morgan fingerprint density at radius 2 is 1.62 bits per heavy atom. The molecule has 0 unspecified atom stereocenters. The van der Waals surface area contributed by atoms with Gasteiger partial charge in [-0.2, -0.15) is 11.8 Å². The SMILES string of the molecule is O=C(CSCCNC(=O)OCC1c2ccccc2-c2ccccc21)NC1CC(C(=O)O)C1. The van der Waals surface area contributed by atoms with Gasteiger partial charge in [0.25, 0.3) is 0 Å². The lowest BCUT2D eigenvalue weighted by atomic mass is 9.80. The van der Waals surface area contributed by atoms with Crippen LogP contribution in [0.2, 0.25) is 0 Å². The van der Waals surface area contributed by atoms with Crippen LogP contribution in [0.25, 0.3) is 11.1 Å². The predicted octanol–water partition coefficient (Wildman–Crippen LogP) is 3.24. The summed E-state index contributed by atoms with van der Waals surface area (Å²) in [5.74, 6) is -0.359. The van der Waals surface area contributed by atoms with Gasteiger partial charge in [0.1, 0.15) is 6.61 Å². The van der Waals surface area contributed by atoms with Crippen LogP contribution in [0.5, 0.6) is 0 Å². The van der Waals surface area contributed by atoms with Crippen LogP contribution in [0.4, 0.5) is 4.79 Å². The number of thioether (sulfide) groups is 1.